The van der Waals surface area contributed by atoms with Crippen molar-refractivity contribution < 1.29 is 4.74 Å². The largest absolute Gasteiger partial charge is 0.457 e. The van der Waals surface area contributed by atoms with E-state index in [0.717, 1.165) is 40.7 Å². The van der Waals surface area contributed by atoms with Crippen LogP contribution in [0.5, 0.6) is 11.5 Å². The SMILES string of the molecule is Nc1nc(Nc2ccc(Oc3ccnc(CNC4CCCCC4)c3)cc2)cc(-c2ccccc2)n1. The number of nitrogen functional groups attached to an aromatic ring is 1. The molecule has 0 radical (unpaired) electrons. The zero-order valence-electron chi connectivity index (χ0n) is 19.7. The van der Waals surface area contributed by atoms with Gasteiger partial charge in [-0.05, 0) is 43.2 Å². The van der Waals surface area contributed by atoms with E-state index in [1.807, 2.05) is 72.8 Å². The van der Waals surface area contributed by atoms with Gasteiger partial charge in [-0.2, -0.15) is 4.98 Å². The van der Waals surface area contributed by atoms with Crippen LogP contribution in [0.1, 0.15) is 37.8 Å². The average molecular weight is 467 g/mol. The maximum Gasteiger partial charge on any atom is 0.222 e. The monoisotopic (exact) mass is 466 g/mol. The van der Waals surface area contributed by atoms with E-state index < -0.39 is 0 Å². The lowest BCUT2D eigenvalue weighted by molar-refractivity contribution is 0.370. The van der Waals surface area contributed by atoms with Gasteiger partial charge in [0.15, 0.2) is 0 Å². The lowest BCUT2D eigenvalue weighted by Crippen LogP contribution is -2.30. The zero-order chi connectivity index (χ0) is 23.9. The maximum absolute atomic E-state index is 6.07. The van der Waals surface area contributed by atoms with Crippen molar-refractivity contribution >= 4 is 17.5 Å². The van der Waals surface area contributed by atoms with Crippen LogP contribution in [0.3, 0.4) is 0 Å². The third-order valence-electron chi connectivity index (χ3n) is 6.14. The molecular formula is C28H30N6O. The molecule has 178 valence electrons. The van der Waals surface area contributed by atoms with Gasteiger partial charge in [-0.3, -0.25) is 4.98 Å². The van der Waals surface area contributed by atoms with Gasteiger partial charge < -0.3 is 21.1 Å². The standard InChI is InChI=1S/C28H30N6O/c29-28-33-26(20-7-3-1-4-8-20)18-27(34-28)32-22-11-13-24(14-12-22)35-25-15-16-30-23(17-25)19-31-21-9-5-2-6-10-21/h1,3-4,7-8,11-18,21,31H,2,5-6,9-10,19H2,(H3,29,32,33,34). The lowest BCUT2D eigenvalue weighted by Gasteiger charge is -2.22. The summed E-state index contributed by atoms with van der Waals surface area (Å²) in [5.74, 6) is 2.38. The Morgan fingerprint density at radius 3 is 2.46 bits per heavy atom. The van der Waals surface area contributed by atoms with Crippen LogP contribution in [0, 0.1) is 0 Å². The molecule has 4 aromatic rings. The number of benzene rings is 2. The third-order valence-corrected chi connectivity index (χ3v) is 6.14. The minimum Gasteiger partial charge on any atom is -0.457 e. The second kappa shape index (κ2) is 11.0. The summed E-state index contributed by atoms with van der Waals surface area (Å²) in [6, 6.07) is 24.0. The molecule has 2 aromatic carbocycles. The van der Waals surface area contributed by atoms with Crippen LogP contribution in [0.2, 0.25) is 0 Å². The predicted molar refractivity (Wildman–Crippen MR) is 140 cm³/mol. The summed E-state index contributed by atoms with van der Waals surface area (Å²) in [7, 11) is 0. The Bertz CT molecular complexity index is 1240. The number of rotatable bonds is 8. The van der Waals surface area contributed by atoms with Crippen LogP contribution in [0.15, 0.2) is 79.0 Å². The Morgan fingerprint density at radius 1 is 0.857 bits per heavy atom. The summed E-state index contributed by atoms with van der Waals surface area (Å²) in [6.07, 6.45) is 8.30. The fraction of sp³-hybridized carbons (Fsp3) is 0.250. The molecule has 1 fully saturated rings. The second-order valence-corrected chi connectivity index (χ2v) is 8.81. The lowest BCUT2D eigenvalue weighted by atomic mass is 9.95. The quantitative estimate of drug-likeness (QED) is 0.289. The van der Waals surface area contributed by atoms with Crippen LogP contribution < -0.4 is 21.1 Å². The topological polar surface area (TPSA) is 98.0 Å². The van der Waals surface area contributed by atoms with Crippen molar-refractivity contribution in [2.24, 2.45) is 0 Å². The van der Waals surface area contributed by atoms with Crippen LogP contribution in [-0.4, -0.2) is 21.0 Å². The number of nitrogens with one attached hydrogen (secondary N) is 2. The Morgan fingerprint density at radius 2 is 1.66 bits per heavy atom. The van der Waals surface area contributed by atoms with Crippen molar-refractivity contribution in [3.8, 4) is 22.8 Å². The number of pyridine rings is 1. The van der Waals surface area contributed by atoms with E-state index in [-0.39, 0.29) is 5.95 Å². The average Bonchev–Trinajstić information content (AvgIpc) is 2.90. The summed E-state index contributed by atoms with van der Waals surface area (Å²) in [5.41, 5.74) is 9.56. The fourth-order valence-corrected chi connectivity index (χ4v) is 4.35. The second-order valence-electron chi connectivity index (χ2n) is 8.81. The van der Waals surface area contributed by atoms with Crippen molar-refractivity contribution in [3.63, 3.8) is 0 Å². The normalized spacial score (nSPS) is 13.9. The summed E-state index contributed by atoms with van der Waals surface area (Å²) >= 11 is 0. The molecule has 0 amide bonds. The number of anilines is 3. The predicted octanol–water partition coefficient (Wildman–Crippen LogP) is 6.08. The van der Waals surface area contributed by atoms with Gasteiger partial charge >= 0.3 is 0 Å². The van der Waals surface area contributed by atoms with Gasteiger partial charge in [0.1, 0.15) is 17.3 Å². The number of hydrogen-bond acceptors (Lipinski definition) is 7. The molecule has 1 aliphatic rings. The van der Waals surface area contributed by atoms with Gasteiger partial charge in [-0.25, -0.2) is 4.98 Å². The molecule has 1 saturated carbocycles. The van der Waals surface area contributed by atoms with Crippen LogP contribution >= 0.6 is 0 Å². The van der Waals surface area contributed by atoms with Crippen molar-refractivity contribution in [2.45, 2.75) is 44.7 Å². The molecule has 0 atom stereocenters. The van der Waals surface area contributed by atoms with Crippen LogP contribution in [-0.2, 0) is 6.54 Å². The molecule has 0 aliphatic heterocycles. The molecule has 0 saturated heterocycles. The summed E-state index contributed by atoms with van der Waals surface area (Å²) in [4.78, 5) is 13.2. The van der Waals surface area contributed by atoms with E-state index in [1.54, 1.807) is 6.20 Å². The molecule has 7 nitrogen and oxygen atoms in total. The molecule has 2 heterocycles. The van der Waals surface area contributed by atoms with Crippen LogP contribution in [0.4, 0.5) is 17.5 Å². The van der Waals surface area contributed by atoms with Gasteiger partial charge in [0.25, 0.3) is 0 Å². The number of nitrogens with zero attached hydrogens (tertiary/aromatic N) is 3. The van der Waals surface area contributed by atoms with Crippen molar-refractivity contribution in [1.82, 2.24) is 20.3 Å². The first-order chi connectivity index (χ1) is 17.2. The first-order valence-electron chi connectivity index (χ1n) is 12.1. The van der Waals surface area contributed by atoms with Crippen molar-refractivity contribution in [3.05, 3.63) is 84.7 Å². The van der Waals surface area contributed by atoms with E-state index in [9.17, 15) is 0 Å². The van der Waals surface area contributed by atoms with E-state index in [1.165, 1.54) is 32.1 Å². The molecule has 2 aromatic heterocycles. The minimum atomic E-state index is 0.222. The molecule has 0 unspecified atom stereocenters. The first kappa shape index (κ1) is 22.8. The molecule has 1 aliphatic carbocycles. The van der Waals surface area contributed by atoms with E-state index in [2.05, 4.69) is 25.6 Å². The minimum absolute atomic E-state index is 0.222. The highest BCUT2D eigenvalue weighted by atomic mass is 16.5. The zero-order valence-corrected chi connectivity index (χ0v) is 19.7. The highest BCUT2D eigenvalue weighted by Crippen LogP contribution is 2.26. The third kappa shape index (κ3) is 6.33. The van der Waals surface area contributed by atoms with Gasteiger partial charge in [0.05, 0.1) is 11.4 Å². The molecule has 0 spiro atoms. The molecule has 4 N–H and O–H groups in total. The van der Waals surface area contributed by atoms with E-state index in [0.29, 0.717) is 11.9 Å². The van der Waals surface area contributed by atoms with Gasteiger partial charge in [0.2, 0.25) is 5.95 Å². The molecule has 7 heteroatoms. The highest BCUT2D eigenvalue weighted by molar-refractivity contribution is 5.67. The molecular weight excluding hydrogens is 436 g/mol. The van der Waals surface area contributed by atoms with Crippen LogP contribution in [0.25, 0.3) is 11.3 Å². The number of ether oxygens (including phenoxy) is 1. The number of nitrogens with two attached hydrogens (primary N) is 1. The molecule has 35 heavy (non-hydrogen) atoms. The Balaban J connectivity index is 1.21. The number of hydrogen-bond donors (Lipinski definition) is 3. The van der Waals surface area contributed by atoms with Gasteiger partial charge in [-0.1, -0.05) is 49.6 Å². The summed E-state index contributed by atoms with van der Waals surface area (Å²) in [6.45, 7) is 0.762. The molecule has 0 bridgehead atoms. The first-order valence-corrected chi connectivity index (χ1v) is 12.1. The number of aromatic nitrogens is 3. The highest BCUT2D eigenvalue weighted by Gasteiger charge is 2.13. The fourth-order valence-electron chi connectivity index (χ4n) is 4.35. The van der Waals surface area contributed by atoms with Gasteiger partial charge in [-0.15, -0.1) is 0 Å². The Labute approximate surface area is 205 Å². The summed E-state index contributed by atoms with van der Waals surface area (Å²) < 4.78 is 6.07. The van der Waals surface area contributed by atoms with Gasteiger partial charge in [0, 0.05) is 42.2 Å². The maximum atomic E-state index is 6.07. The molecule has 5 rings (SSSR count). The van der Waals surface area contributed by atoms with E-state index >= 15 is 0 Å². The summed E-state index contributed by atoms with van der Waals surface area (Å²) in [5, 5.41) is 6.93. The van der Waals surface area contributed by atoms with Crippen molar-refractivity contribution in [1.29, 1.82) is 0 Å². The smallest absolute Gasteiger partial charge is 0.222 e. The Kier molecular flexibility index (Phi) is 7.15. The van der Waals surface area contributed by atoms with E-state index in [4.69, 9.17) is 10.5 Å². The van der Waals surface area contributed by atoms with Crippen molar-refractivity contribution in [2.75, 3.05) is 11.1 Å². The Hall–Kier alpha value is -3.97.